The third kappa shape index (κ3) is 3.32. The van der Waals surface area contributed by atoms with Crippen molar-refractivity contribution in [1.82, 2.24) is 9.78 Å². The fourth-order valence-corrected chi connectivity index (χ4v) is 2.71. The molecule has 5 nitrogen and oxygen atoms in total. The number of hydrogen-bond acceptors (Lipinski definition) is 4. The third-order valence-corrected chi connectivity index (χ3v) is 3.91. The lowest BCUT2D eigenvalue weighted by Crippen LogP contribution is -2.15. The van der Waals surface area contributed by atoms with Crippen LogP contribution in [0.4, 0.5) is 5.69 Å². The van der Waals surface area contributed by atoms with E-state index in [2.05, 4.69) is 39.5 Å². The van der Waals surface area contributed by atoms with E-state index in [0.29, 0.717) is 13.2 Å². The van der Waals surface area contributed by atoms with Gasteiger partial charge in [0.25, 0.3) is 0 Å². The van der Waals surface area contributed by atoms with Crippen molar-refractivity contribution >= 4 is 21.6 Å². The average molecular weight is 352 g/mol. The van der Waals surface area contributed by atoms with E-state index in [1.165, 1.54) is 0 Å². The van der Waals surface area contributed by atoms with Crippen molar-refractivity contribution in [2.24, 2.45) is 0 Å². The first kappa shape index (κ1) is 14.3. The molecule has 0 atom stereocenters. The Bertz CT molecular complexity index is 627. The first-order chi connectivity index (χ1) is 10.3. The van der Waals surface area contributed by atoms with Gasteiger partial charge in [0.2, 0.25) is 0 Å². The Morgan fingerprint density at radius 2 is 2.05 bits per heavy atom. The van der Waals surface area contributed by atoms with Crippen molar-refractivity contribution in [2.75, 3.05) is 18.5 Å². The van der Waals surface area contributed by atoms with Crippen LogP contribution in [0.25, 0.3) is 0 Å². The van der Waals surface area contributed by atoms with Crippen molar-refractivity contribution in [3.63, 3.8) is 0 Å². The van der Waals surface area contributed by atoms with Crippen molar-refractivity contribution in [2.45, 2.75) is 26.4 Å². The van der Waals surface area contributed by atoms with Gasteiger partial charge in [-0.1, -0.05) is 6.92 Å². The molecule has 6 heteroatoms. The van der Waals surface area contributed by atoms with Crippen LogP contribution in [0.1, 0.15) is 18.9 Å². The molecule has 0 saturated carbocycles. The molecule has 0 amide bonds. The van der Waals surface area contributed by atoms with Crippen LogP contribution in [0.5, 0.6) is 11.5 Å². The van der Waals surface area contributed by atoms with E-state index in [9.17, 15) is 0 Å². The molecule has 2 aromatic rings. The maximum atomic E-state index is 5.60. The van der Waals surface area contributed by atoms with Crippen LogP contribution in [0.2, 0.25) is 0 Å². The molecule has 1 aromatic heterocycles. The van der Waals surface area contributed by atoms with Gasteiger partial charge in [-0.15, -0.1) is 0 Å². The monoisotopic (exact) mass is 351 g/mol. The number of rotatable bonds is 5. The fraction of sp³-hybridized carbons (Fsp3) is 0.400. The van der Waals surface area contributed by atoms with Gasteiger partial charge in [-0.2, -0.15) is 5.10 Å². The summed E-state index contributed by atoms with van der Waals surface area (Å²) in [7, 11) is 0. The summed E-state index contributed by atoms with van der Waals surface area (Å²) < 4.78 is 14.1. The van der Waals surface area contributed by atoms with Gasteiger partial charge in [0.1, 0.15) is 13.2 Å². The zero-order chi connectivity index (χ0) is 14.7. The number of nitrogens with zero attached hydrogens (tertiary/aromatic N) is 2. The molecule has 21 heavy (non-hydrogen) atoms. The summed E-state index contributed by atoms with van der Waals surface area (Å²) in [5.41, 5.74) is 2.15. The summed E-state index contributed by atoms with van der Waals surface area (Å²) in [6.07, 6.45) is 5.05. The zero-order valence-corrected chi connectivity index (χ0v) is 13.5. The Labute approximate surface area is 132 Å². The lowest BCUT2D eigenvalue weighted by molar-refractivity contribution is 0.171. The van der Waals surface area contributed by atoms with Crippen molar-refractivity contribution in [3.05, 3.63) is 34.6 Å². The molecule has 0 bridgehead atoms. The minimum atomic E-state index is 0.595. The largest absolute Gasteiger partial charge is 0.486 e. The molecule has 0 unspecified atom stereocenters. The van der Waals surface area contributed by atoms with Crippen LogP contribution >= 0.6 is 15.9 Å². The standard InChI is InChI=1S/C15H18BrN3O2/c1-2-3-19-10-11(9-18-19)8-17-13-7-15-14(6-12(13)16)20-4-5-21-15/h6-7,9-10,17H,2-5,8H2,1H3. The third-order valence-electron chi connectivity index (χ3n) is 3.25. The van der Waals surface area contributed by atoms with Crippen LogP contribution in [0, 0.1) is 0 Å². The number of ether oxygens (including phenoxy) is 2. The van der Waals surface area contributed by atoms with E-state index in [-0.39, 0.29) is 0 Å². The molecule has 0 aliphatic carbocycles. The number of aryl methyl sites for hydroxylation is 1. The Morgan fingerprint density at radius 1 is 1.29 bits per heavy atom. The molecule has 0 fully saturated rings. The van der Waals surface area contributed by atoms with Gasteiger partial charge in [0.15, 0.2) is 11.5 Å². The van der Waals surface area contributed by atoms with E-state index in [1.54, 1.807) is 0 Å². The Hall–Kier alpha value is -1.69. The maximum absolute atomic E-state index is 5.60. The van der Waals surface area contributed by atoms with E-state index in [1.807, 2.05) is 23.0 Å². The number of fused-ring (bicyclic) bond motifs is 1. The molecule has 2 heterocycles. The molecular weight excluding hydrogens is 334 g/mol. The second-order valence-corrected chi connectivity index (χ2v) is 5.80. The predicted molar refractivity (Wildman–Crippen MR) is 85.0 cm³/mol. The van der Waals surface area contributed by atoms with Gasteiger partial charge in [-0.3, -0.25) is 4.68 Å². The quantitative estimate of drug-likeness (QED) is 0.896. The van der Waals surface area contributed by atoms with Crippen LogP contribution < -0.4 is 14.8 Å². The summed E-state index contributed by atoms with van der Waals surface area (Å²) in [6.45, 7) is 5.02. The van der Waals surface area contributed by atoms with Crippen LogP contribution in [0.15, 0.2) is 29.0 Å². The highest BCUT2D eigenvalue weighted by Gasteiger charge is 2.14. The second-order valence-electron chi connectivity index (χ2n) is 4.94. The Kier molecular flexibility index (Phi) is 4.34. The molecule has 1 aliphatic heterocycles. The lowest BCUT2D eigenvalue weighted by atomic mass is 10.2. The molecule has 1 aromatic carbocycles. The lowest BCUT2D eigenvalue weighted by Gasteiger charge is -2.20. The first-order valence-electron chi connectivity index (χ1n) is 7.10. The molecule has 1 N–H and O–H groups in total. The SMILES string of the molecule is CCCn1cc(CNc2cc3c(cc2Br)OCCO3)cn1. The number of aromatic nitrogens is 2. The van der Waals surface area contributed by atoms with Gasteiger partial charge in [-0.05, 0) is 22.4 Å². The highest BCUT2D eigenvalue weighted by molar-refractivity contribution is 9.10. The number of benzene rings is 1. The number of anilines is 1. The smallest absolute Gasteiger partial charge is 0.163 e. The molecule has 112 valence electrons. The predicted octanol–water partition coefficient (Wildman–Crippen LogP) is 3.44. The van der Waals surface area contributed by atoms with Crippen LogP contribution in [-0.2, 0) is 13.1 Å². The van der Waals surface area contributed by atoms with Gasteiger partial charge in [-0.25, -0.2) is 0 Å². The minimum absolute atomic E-state index is 0.595. The number of hydrogen-bond donors (Lipinski definition) is 1. The van der Waals surface area contributed by atoms with Gasteiger partial charge < -0.3 is 14.8 Å². The summed E-state index contributed by atoms with van der Waals surface area (Å²) >= 11 is 3.56. The van der Waals surface area contributed by atoms with E-state index in [4.69, 9.17) is 9.47 Å². The number of halogens is 1. The van der Waals surface area contributed by atoms with Crippen molar-refractivity contribution < 1.29 is 9.47 Å². The Balaban J connectivity index is 1.69. The fourth-order valence-electron chi connectivity index (χ4n) is 2.25. The summed E-state index contributed by atoms with van der Waals surface area (Å²) in [5.74, 6) is 1.57. The summed E-state index contributed by atoms with van der Waals surface area (Å²) in [6, 6.07) is 3.91. The zero-order valence-electron chi connectivity index (χ0n) is 11.9. The van der Waals surface area contributed by atoms with Gasteiger partial charge in [0, 0.05) is 41.5 Å². The number of nitrogens with one attached hydrogen (secondary N) is 1. The van der Waals surface area contributed by atoms with E-state index < -0.39 is 0 Å². The summed E-state index contributed by atoms with van der Waals surface area (Å²) in [5, 5.41) is 7.73. The van der Waals surface area contributed by atoms with Crippen molar-refractivity contribution in [3.8, 4) is 11.5 Å². The highest BCUT2D eigenvalue weighted by atomic mass is 79.9. The van der Waals surface area contributed by atoms with Gasteiger partial charge in [0.05, 0.1) is 11.9 Å². The molecule has 3 rings (SSSR count). The highest BCUT2D eigenvalue weighted by Crippen LogP contribution is 2.38. The average Bonchev–Trinajstić information content (AvgIpc) is 2.93. The topological polar surface area (TPSA) is 48.3 Å². The molecule has 0 spiro atoms. The van der Waals surface area contributed by atoms with E-state index >= 15 is 0 Å². The van der Waals surface area contributed by atoms with Gasteiger partial charge >= 0.3 is 0 Å². The molecule has 0 saturated heterocycles. The van der Waals surface area contributed by atoms with Crippen molar-refractivity contribution in [1.29, 1.82) is 0 Å². The molecular formula is C15H18BrN3O2. The molecule has 0 radical (unpaired) electrons. The van der Waals surface area contributed by atoms with E-state index in [0.717, 1.165) is 46.7 Å². The Morgan fingerprint density at radius 3 is 2.81 bits per heavy atom. The molecule has 1 aliphatic rings. The second kappa shape index (κ2) is 6.39. The summed E-state index contributed by atoms with van der Waals surface area (Å²) in [4.78, 5) is 0. The minimum Gasteiger partial charge on any atom is -0.486 e. The van der Waals surface area contributed by atoms with Crippen LogP contribution in [-0.4, -0.2) is 23.0 Å². The normalized spacial score (nSPS) is 13.2. The maximum Gasteiger partial charge on any atom is 0.163 e. The van der Waals surface area contributed by atoms with Crippen LogP contribution in [0.3, 0.4) is 0 Å². The first-order valence-corrected chi connectivity index (χ1v) is 7.90.